The molecule has 1 nitrogen and oxygen atoms in total. The van der Waals surface area contributed by atoms with Gasteiger partial charge in [0.25, 0.3) is 0 Å². The summed E-state index contributed by atoms with van der Waals surface area (Å²) in [6, 6.07) is 0. The minimum absolute atomic E-state index is 0.0981. The van der Waals surface area contributed by atoms with Crippen LogP contribution in [0.1, 0.15) is 12.8 Å². The molecule has 1 aliphatic heterocycles. The third kappa shape index (κ3) is 2.19. The van der Waals surface area contributed by atoms with E-state index in [1.807, 2.05) is 0 Å². The van der Waals surface area contributed by atoms with Crippen LogP contribution in [0.25, 0.3) is 0 Å². The zero-order chi connectivity index (χ0) is 5.11. The van der Waals surface area contributed by atoms with E-state index in [2.05, 4.69) is 12.6 Å². The van der Waals surface area contributed by atoms with Gasteiger partial charge in [-0.2, -0.15) is 0 Å². The van der Waals surface area contributed by atoms with Crippen LogP contribution in [0, 0.1) is 0 Å². The average molecular weight is 231 g/mol. The van der Waals surface area contributed by atoms with E-state index < -0.39 is 0 Å². The number of thiol groups is 1. The molecule has 0 aliphatic carbocycles. The van der Waals surface area contributed by atoms with Crippen molar-refractivity contribution in [3.05, 3.63) is 0 Å². The van der Waals surface area contributed by atoms with E-state index in [-0.39, 0.29) is 27.1 Å². The van der Waals surface area contributed by atoms with Crippen LogP contribution in [0.3, 0.4) is 0 Å². The van der Waals surface area contributed by atoms with Crippen molar-refractivity contribution >= 4 is 12.6 Å². The van der Waals surface area contributed by atoms with Crippen LogP contribution in [-0.2, 0) is 3.07 Å². The van der Waals surface area contributed by atoms with Gasteiger partial charge in [-0.1, -0.05) is 0 Å². The molecule has 1 fully saturated rings. The molecular weight excluding hydrogens is 223 g/mol. The van der Waals surface area contributed by atoms with Crippen molar-refractivity contribution in [2.75, 3.05) is 4.43 Å². The fourth-order valence-corrected chi connectivity index (χ4v) is 2.70. The van der Waals surface area contributed by atoms with Crippen molar-refractivity contribution in [1.82, 2.24) is 0 Å². The van der Waals surface area contributed by atoms with Crippen LogP contribution in [0.4, 0.5) is 0 Å². The molecule has 0 saturated carbocycles. The number of rotatable bonds is 0. The molecule has 1 aliphatic rings. The third-order valence-electron chi connectivity index (χ3n) is 0.828. The molecule has 1 atom stereocenters. The van der Waals surface area contributed by atoms with Crippen molar-refractivity contribution in [3.8, 4) is 0 Å². The van der Waals surface area contributed by atoms with Gasteiger partial charge in [0.05, 0.1) is 0 Å². The third-order valence-corrected chi connectivity index (χ3v) is 3.77. The molecule has 1 rings (SSSR count). The predicted molar refractivity (Wildman–Crippen MR) is 28.0 cm³/mol. The summed E-state index contributed by atoms with van der Waals surface area (Å²) in [7, 11) is 0. The molecule has 0 N–H and O–H groups in total. The summed E-state index contributed by atoms with van der Waals surface area (Å²) in [5.41, 5.74) is 0.279. The summed E-state index contributed by atoms with van der Waals surface area (Å²) in [6.07, 6.45) is 2.49. The van der Waals surface area contributed by atoms with Gasteiger partial charge in [0.2, 0.25) is 0 Å². The van der Waals surface area contributed by atoms with Gasteiger partial charge in [-0.25, -0.2) is 0 Å². The Bertz CT molecular complexity index is 53.7. The average Bonchev–Trinajstić information content (AvgIpc) is 1.69. The van der Waals surface area contributed by atoms with Crippen molar-refractivity contribution < 1.29 is 24.7 Å². The molecule has 44 valence electrons. The zero-order valence-electron chi connectivity index (χ0n) is 3.93. The van der Waals surface area contributed by atoms with Crippen LogP contribution in [-0.4, -0.2) is 9.86 Å². The summed E-state index contributed by atoms with van der Waals surface area (Å²) in [5.74, 6) is 0. The van der Waals surface area contributed by atoms with E-state index in [1.54, 1.807) is 0 Å². The van der Waals surface area contributed by atoms with Crippen LogP contribution in [0.5, 0.6) is 0 Å². The van der Waals surface area contributed by atoms with E-state index in [9.17, 15) is 0 Å². The van der Waals surface area contributed by atoms with E-state index >= 15 is 0 Å². The fourth-order valence-electron chi connectivity index (χ4n) is 0.468. The van der Waals surface area contributed by atoms with E-state index in [0.717, 1.165) is 6.42 Å². The second kappa shape index (κ2) is 3.14. The topological polar surface area (TPSA) is 9.23 Å². The van der Waals surface area contributed by atoms with E-state index in [4.69, 9.17) is 3.07 Å². The monoisotopic (exact) mass is 231 g/mol. The molecule has 0 aromatic rings. The number of halogens is 1. The Kier molecular flexibility index (Phi) is 2.77. The normalized spacial score (nSPS) is 34.1. The maximum absolute atomic E-state index is 5.25. The van der Waals surface area contributed by atoms with Gasteiger partial charge in [0.15, 0.2) is 0 Å². The summed E-state index contributed by atoms with van der Waals surface area (Å²) >= 11 is 4.26. The first-order chi connectivity index (χ1) is 3.39. The molecule has 0 bridgehead atoms. The Balaban J connectivity index is 2.12. The Hall–Kier alpha value is 1.04. The van der Waals surface area contributed by atoms with Crippen LogP contribution in [0.15, 0.2) is 0 Å². The molecule has 0 aromatic carbocycles. The summed E-state index contributed by atoms with van der Waals surface area (Å²) in [4.78, 5) is 0. The first-order valence-corrected chi connectivity index (χ1v) is 5.25. The molecule has 1 unspecified atom stereocenters. The molecule has 1 heterocycles. The van der Waals surface area contributed by atoms with Gasteiger partial charge in [0, 0.05) is 0 Å². The molecule has 3 heteroatoms. The summed E-state index contributed by atoms with van der Waals surface area (Å²) < 4.78 is 6.58. The van der Waals surface area contributed by atoms with Gasteiger partial charge < -0.3 is 0 Å². The number of alkyl halides is 1. The van der Waals surface area contributed by atoms with Gasteiger partial charge in [-0.15, -0.1) is 0 Å². The SMILES string of the molecule is SC1CCC[I-]O1. The Labute approximate surface area is 60.0 Å². The fraction of sp³-hybridized carbons (Fsp3) is 1.00. The zero-order valence-corrected chi connectivity index (χ0v) is 6.98. The maximum atomic E-state index is 5.25. The molecule has 0 spiro atoms. The Morgan fingerprint density at radius 2 is 2.57 bits per heavy atom. The van der Waals surface area contributed by atoms with Crippen molar-refractivity contribution in [2.45, 2.75) is 18.3 Å². The number of hydrogen-bond acceptors (Lipinski definition) is 2. The van der Waals surface area contributed by atoms with Crippen molar-refractivity contribution in [3.63, 3.8) is 0 Å². The second-order valence-corrected chi connectivity index (χ2v) is 4.27. The molecule has 0 amide bonds. The van der Waals surface area contributed by atoms with Gasteiger partial charge in [0.1, 0.15) is 0 Å². The van der Waals surface area contributed by atoms with Crippen molar-refractivity contribution in [1.29, 1.82) is 0 Å². The first-order valence-electron chi connectivity index (χ1n) is 2.32. The minimum atomic E-state index is 0.0981. The number of hydrogen-bond donors (Lipinski definition) is 1. The Morgan fingerprint density at radius 1 is 1.71 bits per heavy atom. The summed E-state index contributed by atoms with van der Waals surface area (Å²) in [5, 5.41) is 0. The van der Waals surface area contributed by atoms with E-state index in [0.29, 0.717) is 0 Å². The second-order valence-electron chi connectivity index (χ2n) is 1.48. The molecule has 7 heavy (non-hydrogen) atoms. The van der Waals surface area contributed by atoms with E-state index in [1.165, 1.54) is 10.8 Å². The molecular formula is C4H8IOS-. The van der Waals surface area contributed by atoms with Crippen LogP contribution < -0.4 is 21.6 Å². The quantitative estimate of drug-likeness (QED) is 0.290. The van der Waals surface area contributed by atoms with Crippen molar-refractivity contribution in [2.24, 2.45) is 0 Å². The first kappa shape index (κ1) is 6.16. The van der Waals surface area contributed by atoms with Gasteiger partial charge >= 0.3 is 60.0 Å². The van der Waals surface area contributed by atoms with Crippen LogP contribution in [0.2, 0.25) is 0 Å². The molecule has 0 radical (unpaired) electrons. The van der Waals surface area contributed by atoms with Crippen LogP contribution >= 0.6 is 12.6 Å². The molecule has 1 saturated heterocycles. The Morgan fingerprint density at radius 3 is 2.86 bits per heavy atom. The molecule has 0 aromatic heterocycles. The predicted octanol–water partition coefficient (Wildman–Crippen LogP) is -1.94. The van der Waals surface area contributed by atoms with Gasteiger partial charge in [-0.05, 0) is 0 Å². The standard InChI is InChI=1S/C4H8IOS/c7-4-2-1-3-5-6-4/h4,7H,1-3H2/q-1. The summed E-state index contributed by atoms with van der Waals surface area (Å²) in [6.45, 7) is 0. The van der Waals surface area contributed by atoms with Gasteiger partial charge in [-0.3, -0.25) is 0 Å².